The van der Waals surface area contributed by atoms with Crippen LogP contribution in [-0.2, 0) is 17.1 Å². The van der Waals surface area contributed by atoms with E-state index >= 15 is 0 Å². The molecule has 0 fully saturated rings. The van der Waals surface area contributed by atoms with Gasteiger partial charge in [0.25, 0.3) is 0 Å². The predicted molar refractivity (Wildman–Crippen MR) is 111 cm³/mol. The topological polar surface area (TPSA) is 3.24 Å². The smallest absolute Gasteiger partial charge is 0.118 e. The van der Waals surface area contributed by atoms with E-state index in [1.165, 1.54) is 10.8 Å². The van der Waals surface area contributed by atoms with Gasteiger partial charge in [0.2, 0.25) is 0 Å². The molecule has 0 unspecified atom stereocenters. The van der Waals surface area contributed by atoms with Gasteiger partial charge in [0, 0.05) is 33.7 Å². The number of rotatable bonds is 3. The molecule has 0 N–H and O–H groups in total. The number of hydrogen-bond donors (Lipinski definition) is 0. The molecular weight excluding hydrogens is 386 g/mol. The van der Waals surface area contributed by atoms with Crippen LogP contribution in [0.4, 0.5) is 11.4 Å². The Kier molecular flexibility index (Phi) is 5.85. The average molecular weight is 403 g/mol. The SMILES string of the molecule is S=C(c1ccccc1)N(c1ccccc1)c1cccc2ccccc12.[Cu]. The van der Waals surface area contributed by atoms with Gasteiger partial charge in [0.15, 0.2) is 0 Å². The second kappa shape index (κ2) is 8.29. The molecule has 0 amide bonds. The predicted octanol–water partition coefficient (Wildman–Crippen LogP) is 6.35. The molecule has 0 aromatic heterocycles. The van der Waals surface area contributed by atoms with E-state index in [1.807, 2.05) is 36.4 Å². The molecule has 0 atom stereocenters. The molecule has 0 bridgehead atoms. The van der Waals surface area contributed by atoms with E-state index in [1.54, 1.807) is 0 Å². The fourth-order valence-electron chi connectivity index (χ4n) is 3.06. The van der Waals surface area contributed by atoms with Crippen molar-refractivity contribution in [2.75, 3.05) is 4.90 Å². The normalized spacial score (nSPS) is 10.2. The summed E-state index contributed by atoms with van der Waals surface area (Å²) in [7, 11) is 0. The minimum Gasteiger partial charge on any atom is -0.300 e. The third kappa shape index (κ3) is 3.56. The second-order valence-electron chi connectivity index (χ2n) is 5.84. The van der Waals surface area contributed by atoms with Gasteiger partial charge in [-0.1, -0.05) is 97.1 Å². The maximum absolute atomic E-state index is 5.89. The summed E-state index contributed by atoms with van der Waals surface area (Å²) in [6.45, 7) is 0. The van der Waals surface area contributed by atoms with E-state index in [0.717, 1.165) is 21.9 Å². The molecular formula is C23H17CuNS. The first-order chi connectivity index (χ1) is 12.3. The zero-order valence-electron chi connectivity index (χ0n) is 14.0. The maximum atomic E-state index is 5.89. The molecule has 1 nitrogen and oxygen atoms in total. The quantitative estimate of drug-likeness (QED) is 0.290. The van der Waals surface area contributed by atoms with Crippen LogP contribution in [0.5, 0.6) is 0 Å². The number of thiocarbonyl (C=S) groups is 1. The van der Waals surface area contributed by atoms with Crippen molar-refractivity contribution < 1.29 is 17.1 Å². The summed E-state index contributed by atoms with van der Waals surface area (Å²) in [5.41, 5.74) is 3.19. The first-order valence-electron chi connectivity index (χ1n) is 8.27. The van der Waals surface area contributed by atoms with E-state index in [2.05, 4.69) is 71.6 Å². The third-order valence-corrected chi connectivity index (χ3v) is 4.66. The molecule has 0 saturated carbocycles. The molecule has 0 heterocycles. The van der Waals surface area contributed by atoms with Crippen molar-refractivity contribution in [3.63, 3.8) is 0 Å². The van der Waals surface area contributed by atoms with Crippen molar-refractivity contribution in [3.05, 3.63) is 109 Å². The second-order valence-corrected chi connectivity index (χ2v) is 6.23. The Morgan fingerprint density at radius 3 is 1.92 bits per heavy atom. The van der Waals surface area contributed by atoms with Gasteiger partial charge in [0.05, 0.1) is 5.69 Å². The largest absolute Gasteiger partial charge is 0.300 e. The molecule has 0 aliphatic carbocycles. The van der Waals surface area contributed by atoms with Crippen LogP contribution in [-0.4, -0.2) is 4.99 Å². The van der Waals surface area contributed by atoms with Crippen molar-refractivity contribution >= 4 is 39.4 Å². The van der Waals surface area contributed by atoms with Crippen LogP contribution in [0.3, 0.4) is 0 Å². The minimum absolute atomic E-state index is 0. The Bertz CT molecular complexity index is 1010. The number of anilines is 2. The zero-order valence-corrected chi connectivity index (χ0v) is 15.7. The Morgan fingerprint density at radius 2 is 1.19 bits per heavy atom. The van der Waals surface area contributed by atoms with Crippen LogP contribution in [0.15, 0.2) is 103 Å². The molecule has 0 saturated heterocycles. The summed E-state index contributed by atoms with van der Waals surface area (Å²) < 4.78 is 0. The maximum Gasteiger partial charge on any atom is 0.118 e. The van der Waals surface area contributed by atoms with Crippen LogP contribution >= 0.6 is 12.2 Å². The van der Waals surface area contributed by atoms with Gasteiger partial charge < -0.3 is 4.90 Å². The number of nitrogens with zero attached hydrogens (tertiary/aromatic N) is 1. The Labute approximate surface area is 169 Å². The van der Waals surface area contributed by atoms with Gasteiger partial charge in [0.1, 0.15) is 4.99 Å². The first-order valence-corrected chi connectivity index (χ1v) is 8.68. The molecule has 0 spiro atoms. The van der Waals surface area contributed by atoms with E-state index in [9.17, 15) is 0 Å². The van der Waals surface area contributed by atoms with Gasteiger partial charge in [-0.3, -0.25) is 0 Å². The average Bonchev–Trinajstić information content (AvgIpc) is 2.70. The van der Waals surface area contributed by atoms with Crippen LogP contribution in [0.1, 0.15) is 5.56 Å². The number of benzene rings is 4. The van der Waals surface area contributed by atoms with Gasteiger partial charge in [-0.25, -0.2) is 0 Å². The van der Waals surface area contributed by atoms with E-state index in [-0.39, 0.29) is 17.1 Å². The number of fused-ring (bicyclic) bond motifs is 1. The summed E-state index contributed by atoms with van der Waals surface area (Å²) in [5, 5.41) is 2.39. The van der Waals surface area contributed by atoms with Crippen LogP contribution < -0.4 is 4.90 Å². The molecule has 4 aromatic carbocycles. The molecule has 3 heteroatoms. The van der Waals surface area contributed by atoms with Crippen molar-refractivity contribution in [1.82, 2.24) is 0 Å². The van der Waals surface area contributed by atoms with Crippen molar-refractivity contribution in [3.8, 4) is 0 Å². The van der Waals surface area contributed by atoms with Crippen LogP contribution in [0.2, 0.25) is 0 Å². The van der Waals surface area contributed by atoms with Gasteiger partial charge in [-0.15, -0.1) is 0 Å². The van der Waals surface area contributed by atoms with E-state index < -0.39 is 0 Å². The van der Waals surface area contributed by atoms with E-state index in [4.69, 9.17) is 12.2 Å². The molecule has 26 heavy (non-hydrogen) atoms. The third-order valence-electron chi connectivity index (χ3n) is 4.25. The summed E-state index contributed by atoms with van der Waals surface area (Å²) in [4.78, 5) is 2.95. The van der Waals surface area contributed by atoms with Crippen molar-refractivity contribution in [2.24, 2.45) is 0 Å². The van der Waals surface area contributed by atoms with Crippen LogP contribution in [0, 0.1) is 0 Å². The molecule has 4 rings (SSSR count). The minimum atomic E-state index is 0. The van der Waals surface area contributed by atoms with Crippen LogP contribution in [0.25, 0.3) is 10.8 Å². The first kappa shape index (κ1) is 18.3. The number of para-hydroxylation sites is 1. The summed E-state index contributed by atoms with van der Waals surface area (Å²) in [6.07, 6.45) is 0. The Balaban J connectivity index is 0.00000196. The number of hydrogen-bond acceptors (Lipinski definition) is 1. The summed E-state index contributed by atoms with van der Waals surface area (Å²) in [6, 6.07) is 35.2. The summed E-state index contributed by atoms with van der Waals surface area (Å²) in [5.74, 6) is 0. The summed E-state index contributed by atoms with van der Waals surface area (Å²) >= 11 is 5.89. The molecule has 131 valence electrons. The van der Waals surface area contributed by atoms with E-state index in [0.29, 0.717) is 0 Å². The van der Waals surface area contributed by atoms with Crippen molar-refractivity contribution in [1.29, 1.82) is 0 Å². The van der Waals surface area contributed by atoms with Gasteiger partial charge in [-0.05, 0) is 23.6 Å². The van der Waals surface area contributed by atoms with Gasteiger partial charge >= 0.3 is 0 Å². The monoisotopic (exact) mass is 402 g/mol. The Morgan fingerprint density at radius 1 is 0.615 bits per heavy atom. The van der Waals surface area contributed by atoms with Gasteiger partial charge in [-0.2, -0.15) is 0 Å². The van der Waals surface area contributed by atoms with Crippen molar-refractivity contribution in [2.45, 2.75) is 0 Å². The molecule has 0 aliphatic rings. The molecule has 0 aliphatic heterocycles. The standard InChI is InChI=1S/C23H17NS.Cu/c25-23(19-11-3-1-4-12-19)24(20-14-5-2-6-15-20)22-17-9-13-18-10-7-8-16-21(18)22;/h1-17H;. The molecule has 4 aromatic rings. The molecule has 1 radical (unpaired) electrons. The zero-order chi connectivity index (χ0) is 17.1. The fraction of sp³-hybridized carbons (Fsp3) is 0. The fourth-order valence-corrected chi connectivity index (χ4v) is 3.40. The Hall–Kier alpha value is -2.45.